The SMILES string of the molecule is CC(C)CC1=Cc2c(-c3ccccc3)cccc2[CH]1[Hf]1([CH]2C(CC(C)C)=Cc3c(-c4ccccc4)cccc32)[CH]2CCCC[CH]21.Cl.Cl. The van der Waals surface area contributed by atoms with Crippen LogP contribution in [0, 0.1) is 11.8 Å². The predicted octanol–water partition coefficient (Wildman–Crippen LogP) is 13.9. The van der Waals surface area contributed by atoms with Crippen molar-refractivity contribution in [3.63, 3.8) is 0 Å². The number of halogens is 2. The maximum atomic E-state index is 2.72. The first-order chi connectivity index (χ1) is 22.0. The summed E-state index contributed by atoms with van der Waals surface area (Å²) in [6.45, 7) is 9.79. The summed E-state index contributed by atoms with van der Waals surface area (Å²) in [5.41, 5.74) is 15.8. The molecule has 0 nitrogen and oxygen atoms in total. The molecule has 47 heavy (non-hydrogen) atoms. The maximum absolute atomic E-state index is 3.24. The molecule has 3 heteroatoms. The van der Waals surface area contributed by atoms with E-state index < -0.39 is 20.0 Å². The minimum absolute atomic E-state index is 0. The number of rotatable bonds is 8. The largest absolute Gasteiger partial charge is 0.147 e. The second kappa shape index (κ2) is 14.0. The van der Waals surface area contributed by atoms with Crippen molar-refractivity contribution in [3.8, 4) is 22.3 Å². The average molecular weight is 828 g/mol. The van der Waals surface area contributed by atoms with Gasteiger partial charge in [0, 0.05) is 0 Å². The Labute approximate surface area is 300 Å². The van der Waals surface area contributed by atoms with Gasteiger partial charge in [0.2, 0.25) is 0 Å². The molecule has 0 spiro atoms. The molecule has 4 aliphatic rings. The Morgan fingerprint density at radius 3 is 1.32 bits per heavy atom. The van der Waals surface area contributed by atoms with E-state index in [-0.39, 0.29) is 24.8 Å². The third-order valence-electron chi connectivity index (χ3n) is 11.7. The van der Waals surface area contributed by atoms with Crippen molar-refractivity contribution in [1.82, 2.24) is 0 Å². The van der Waals surface area contributed by atoms with E-state index in [1.165, 1.54) is 60.8 Å². The third kappa shape index (κ3) is 5.81. The molecule has 4 atom stereocenters. The van der Waals surface area contributed by atoms with E-state index in [0.717, 1.165) is 7.35 Å². The first-order valence-electron chi connectivity index (χ1n) is 17.8. The van der Waals surface area contributed by atoms with Crippen LogP contribution in [0.5, 0.6) is 0 Å². The first kappa shape index (κ1) is 34.7. The molecule has 244 valence electrons. The van der Waals surface area contributed by atoms with Gasteiger partial charge in [-0.2, -0.15) is 0 Å². The molecule has 4 unspecified atom stereocenters. The normalized spacial score (nSPS) is 25.2. The zero-order chi connectivity index (χ0) is 30.7. The summed E-state index contributed by atoms with van der Waals surface area (Å²) >= 11 is -3.24. The van der Waals surface area contributed by atoms with Gasteiger partial charge < -0.3 is 0 Å². The molecule has 4 aromatic rings. The van der Waals surface area contributed by atoms with E-state index in [9.17, 15) is 0 Å². The van der Waals surface area contributed by atoms with Gasteiger partial charge in [-0.25, -0.2) is 0 Å². The monoisotopic (exact) mass is 828 g/mol. The minimum atomic E-state index is -3.24. The second-order valence-corrected chi connectivity index (χ2v) is 32.0. The van der Waals surface area contributed by atoms with Crippen LogP contribution in [0.25, 0.3) is 34.4 Å². The third-order valence-corrected chi connectivity index (χ3v) is 36.6. The van der Waals surface area contributed by atoms with Crippen molar-refractivity contribution in [3.05, 3.63) is 130 Å². The van der Waals surface area contributed by atoms with Crippen LogP contribution in [0.3, 0.4) is 0 Å². The number of hydrogen-bond donors (Lipinski definition) is 0. The molecule has 8 rings (SSSR count). The van der Waals surface area contributed by atoms with Crippen LogP contribution in [0.15, 0.2) is 108 Å². The van der Waals surface area contributed by atoms with Crippen molar-refractivity contribution >= 4 is 37.0 Å². The quantitative estimate of drug-likeness (QED) is 0.155. The van der Waals surface area contributed by atoms with Gasteiger partial charge in [-0.05, 0) is 0 Å². The molecule has 4 aromatic carbocycles. The molecule has 1 aliphatic heterocycles. The molecule has 0 bridgehead atoms. The van der Waals surface area contributed by atoms with E-state index in [1.54, 1.807) is 33.4 Å². The predicted molar refractivity (Wildman–Crippen MR) is 205 cm³/mol. The summed E-state index contributed by atoms with van der Waals surface area (Å²) < 4.78 is 3.45. The Balaban J connectivity index is 0.00000193. The van der Waals surface area contributed by atoms with Gasteiger partial charge in [-0.15, -0.1) is 24.8 Å². The van der Waals surface area contributed by atoms with E-state index >= 15 is 0 Å². The van der Waals surface area contributed by atoms with E-state index in [1.807, 2.05) is 0 Å². The Hall–Kier alpha value is -2.19. The number of allylic oxidation sites excluding steroid dienone is 2. The molecule has 0 amide bonds. The Kier molecular flexibility index (Phi) is 10.3. The summed E-state index contributed by atoms with van der Waals surface area (Å²) in [4.78, 5) is 0. The van der Waals surface area contributed by atoms with E-state index in [4.69, 9.17) is 0 Å². The van der Waals surface area contributed by atoms with Crippen LogP contribution in [0.2, 0.25) is 7.35 Å². The molecule has 3 aliphatic carbocycles. The van der Waals surface area contributed by atoms with Crippen LogP contribution in [-0.2, 0) is 20.0 Å². The molecule has 1 saturated heterocycles. The van der Waals surface area contributed by atoms with Gasteiger partial charge >= 0.3 is 278 Å². The molecule has 0 N–H and O–H groups in total. The summed E-state index contributed by atoms with van der Waals surface area (Å²) in [5.74, 6) is 1.34. The average Bonchev–Trinajstić information content (AvgIpc) is 3.33. The fraction of sp³-hybridized carbons (Fsp3) is 0.364. The van der Waals surface area contributed by atoms with Gasteiger partial charge in [0.05, 0.1) is 0 Å². The van der Waals surface area contributed by atoms with Crippen LogP contribution in [0.4, 0.5) is 0 Å². The Morgan fingerprint density at radius 1 is 0.532 bits per heavy atom. The molecular formula is C44H50Cl2Hf. The molecule has 0 aromatic heterocycles. The van der Waals surface area contributed by atoms with Gasteiger partial charge in [-0.1, -0.05) is 0 Å². The van der Waals surface area contributed by atoms with Gasteiger partial charge in [-0.3, -0.25) is 0 Å². The summed E-state index contributed by atoms with van der Waals surface area (Å²) in [6, 6.07) is 37.1. The molecular weight excluding hydrogens is 778 g/mol. The summed E-state index contributed by atoms with van der Waals surface area (Å²) in [5, 5.41) is 0. The molecule has 2 fully saturated rings. The molecule has 0 radical (unpaired) electrons. The fourth-order valence-electron chi connectivity index (χ4n) is 10.4. The summed E-state index contributed by atoms with van der Waals surface area (Å²) in [6.07, 6.45) is 13.8. The smallest absolute Gasteiger partial charge is 0.147 e. The second-order valence-electron chi connectivity index (χ2n) is 15.3. The van der Waals surface area contributed by atoms with Gasteiger partial charge in [0.1, 0.15) is 0 Å². The maximum Gasteiger partial charge on any atom is -0.147 e. The van der Waals surface area contributed by atoms with Crippen molar-refractivity contribution in [2.75, 3.05) is 0 Å². The summed E-state index contributed by atoms with van der Waals surface area (Å²) in [7, 11) is 0. The van der Waals surface area contributed by atoms with Crippen LogP contribution < -0.4 is 0 Å². The minimum Gasteiger partial charge on any atom is -0.147 e. The van der Waals surface area contributed by atoms with Crippen molar-refractivity contribution < 1.29 is 20.0 Å². The van der Waals surface area contributed by atoms with Crippen molar-refractivity contribution in [1.29, 1.82) is 0 Å². The molecule has 1 heterocycles. The van der Waals surface area contributed by atoms with Crippen molar-refractivity contribution in [2.45, 2.75) is 80.9 Å². The van der Waals surface area contributed by atoms with Gasteiger partial charge in [0.25, 0.3) is 0 Å². The topological polar surface area (TPSA) is 0 Å². The first-order valence-corrected chi connectivity index (χ1v) is 26.1. The van der Waals surface area contributed by atoms with E-state index in [0.29, 0.717) is 19.2 Å². The van der Waals surface area contributed by atoms with E-state index in [2.05, 4.69) is 137 Å². The standard InChI is InChI=1S/2C19H19.C6H10.2ClH.Hf/c2*1-14(2)11-15-12-17-9-6-10-18(19(17)13-15)16-7-4-3-5-8-16;1-2-4-6-5-3-1;;;/h2*3-10,12-14H,11H2,1-2H3;1-2H,3-6H2;2*1H;. The van der Waals surface area contributed by atoms with Crippen LogP contribution in [-0.4, -0.2) is 0 Å². The zero-order valence-electron chi connectivity index (χ0n) is 28.4. The van der Waals surface area contributed by atoms with Crippen LogP contribution >= 0.6 is 24.8 Å². The Morgan fingerprint density at radius 2 is 0.936 bits per heavy atom. The zero-order valence-corrected chi connectivity index (χ0v) is 33.6. The molecule has 1 saturated carbocycles. The van der Waals surface area contributed by atoms with Crippen molar-refractivity contribution in [2.24, 2.45) is 11.8 Å². The van der Waals surface area contributed by atoms with Crippen LogP contribution in [0.1, 0.15) is 95.8 Å². The fourth-order valence-corrected chi connectivity index (χ4v) is 45.6. The number of benzene rings is 4. The van der Waals surface area contributed by atoms with Gasteiger partial charge in [0.15, 0.2) is 0 Å². The number of hydrogen-bond acceptors (Lipinski definition) is 0. The Bertz CT molecular complexity index is 1650. The number of fused-ring (bicyclic) bond motifs is 3.